The molecule has 0 bridgehead atoms. The first kappa shape index (κ1) is 94.1. The maximum atomic E-state index is 13.1. The van der Waals surface area contributed by atoms with Crippen LogP contribution in [0.4, 0.5) is 0 Å². The van der Waals surface area contributed by atoms with Crippen molar-refractivity contribution < 1.29 is 80.2 Å². The van der Waals surface area contributed by atoms with Gasteiger partial charge in [-0.05, 0) is 49.4 Å². The minimum Gasteiger partial charge on any atom is -0.462 e. The van der Waals surface area contributed by atoms with Crippen LogP contribution in [0.5, 0.6) is 0 Å². The van der Waals surface area contributed by atoms with Crippen LogP contribution in [0.2, 0.25) is 0 Å². The molecule has 0 heterocycles. The Hall–Kier alpha value is -1.94. The molecule has 0 aliphatic heterocycles. The molecule has 0 aromatic carbocycles. The number of hydrogen-bond acceptors (Lipinski definition) is 15. The van der Waals surface area contributed by atoms with Crippen molar-refractivity contribution in [2.24, 2.45) is 23.7 Å². The zero-order valence-electron chi connectivity index (χ0n) is 63.0. The Kier molecular flexibility index (Phi) is 65.0. The van der Waals surface area contributed by atoms with Gasteiger partial charge in [-0.3, -0.25) is 37.3 Å². The van der Waals surface area contributed by atoms with E-state index < -0.39 is 97.5 Å². The first-order valence-corrected chi connectivity index (χ1v) is 42.7. The Labute approximate surface area is 588 Å². The van der Waals surface area contributed by atoms with Gasteiger partial charge in [0.2, 0.25) is 0 Å². The van der Waals surface area contributed by atoms with Gasteiger partial charge < -0.3 is 33.8 Å². The molecule has 0 aliphatic rings. The third-order valence-corrected chi connectivity index (χ3v) is 20.1. The predicted octanol–water partition coefficient (Wildman–Crippen LogP) is 22.4. The maximum Gasteiger partial charge on any atom is 0.472 e. The van der Waals surface area contributed by atoms with Crippen molar-refractivity contribution in [2.45, 2.75) is 408 Å². The van der Waals surface area contributed by atoms with E-state index in [-0.39, 0.29) is 25.7 Å². The number of phosphoric acid groups is 2. The molecule has 0 rings (SSSR count). The van der Waals surface area contributed by atoms with Crippen molar-refractivity contribution in [2.75, 3.05) is 39.6 Å². The highest BCUT2D eigenvalue weighted by Gasteiger charge is 2.30. The molecule has 0 saturated heterocycles. The lowest BCUT2D eigenvalue weighted by molar-refractivity contribution is -0.161. The van der Waals surface area contributed by atoms with Gasteiger partial charge in [-0.1, -0.05) is 338 Å². The second kappa shape index (κ2) is 66.3. The second-order valence-corrected chi connectivity index (χ2v) is 32.3. The molecule has 4 unspecified atom stereocenters. The summed E-state index contributed by atoms with van der Waals surface area (Å²) in [5, 5.41) is 10.6. The highest BCUT2D eigenvalue weighted by molar-refractivity contribution is 7.47. The lowest BCUT2D eigenvalue weighted by Crippen LogP contribution is -2.30. The van der Waals surface area contributed by atoms with Crippen molar-refractivity contribution in [3.05, 3.63) is 0 Å². The summed E-state index contributed by atoms with van der Waals surface area (Å²) in [4.78, 5) is 72.8. The van der Waals surface area contributed by atoms with Gasteiger partial charge in [-0.15, -0.1) is 0 Å². The topological polar surface area (TPSA) is 237 Å². The number of rotatable bonds is 74. The number of aliphatic hydroxyl groups excluding tert-OH is 1. The number of hydrogen-bond donors (Lipinski definition) is 3. The van der Waals surface area contributed by atoms with Gasteiger partial charge in [0.1, 0.15) is 19.3 Å². The molecule has 0 amide bonds. The average Bonchev–Trinajstić information content (AvgIpc) is 1.71. The maximum absolute atomic E-state index is 13.1. The summed E-state index contributed by atoms with van der Waals surface area (Å²) in [5.74, 6) is 0.934. The Morgan fingerprint density at radius 2 is 0.500 bits per heavy atom. The first-order valence-electron chi connectivity index (χ1n) is 39.7. The smallest absolute Gasteiger partial charge is 0.462 e. The molecule has 19 heteroatoms. The number of carbonyl (C=O) groups is 4. The monoisotopic (exact) mass is 1410 g/mol. The largest absolute Gasteiger partial charge is 0.472 e. The van der Waals surface area contributed by atoms with Crippen molar-refractivity contribution in [1.82, 2.24) is 0 Å². The summed E-state index contributed by atoms with van der Waals surface area (Å²) in [6.07, 6.45) is 51.5. The van der Waals surface area contributed by atoms with Crippen LogP contribution in [0, 0.1) is 23.7 Å². The van der Waals surface area contributed by atoms with E-state index in [4.69, 9.17) is 37.0 Å². The lowest BCUT2D eigenvalue weighted by atomic mass is 9.99. The Morgan fingerprint density at radius 1 is 0.292 bits per heavy atom. The second-order valence-electron chi connectivity index (χ2n) is 29.4. The lowest BCUT2D eigenvalue weighted by Gasteiger charge is -2.21. The molecule has 0 fully saturated rings. The average molecular weight is 1410 g/mol. The zero-order valence-corrected chi connectivity index (χ0v) is 64.8. The summed E-state index contributed by atoms with van der Waals surface area (Å²) in [6, 6.07) is 0. The molecule has 0 aromatic heterocycles. The minimum absolute atomic E-state index is 0.104. The van der Waals surface area contributed by atoms with Gasteiger partial charge in [0.25, 0.3) is 0 Å². The van der Waals surface area contributed by atoms with Gasteiger partial charge >= 0.3 is 39.5 Å². The fourth-order valence-electron chi connectivity index (χ4n) is 11.7. The third kappa shape index (κ3) is 69.2. The van der Waals surface area contributed by atoms with E-state index in [1.54, 1.807) is 0 Å². The summed E-state index contributed by atoms with van der Waals surface area (Å²) >= 11 is 0. The van der Waals surface area contributed by atoms with Crippen LogP contribution in [0.1, 0.15) is 389 Å². The number of carbonyl (C=O) groups excluding carboxylic acids is 4. The van der Waals surface area contributed by atoms with Crippen LogP contribution in [0.25, 0.3) is 0 Å². The Morgan fingerprint density at radius 3 is 0.740 bits per heavy atom. The summed E-state index contributed by atoms with van der Waals surface area (Å²) in [6.45, 7) is 14.2. The van der Waals surface area contributed by atoms with Crippen molar-refractivity contribution >= 4 is 39.5 Å². The molecule has 17 nitrogen and oxygen atoms in total. The van der Waals surface area contributed by atoms with Gasteiger partial charge in [-0.25, -0.2) is 9.13 Å². The van der Waals surface area contributed by atoms with Crippen LogP contribution in [0.3, 0.4) is 0 Å². The standard InChI is InChI=1S/C77H150O17P2/c1-9-70(8)56-48-40-32-24-18-16-14-12-10-11-13-15-17-19-25-34-43-51-59-76(81)93-73(64-88-75(80)58-50-42-36-28-31-39-47-55-69(6)7)66-92-96(85,86)90-62-71(78)61-89-95(83,84)91-65-72(94-77(82)60-52-44-35-27-21-23-30-38-46-54-68(4)5)63-87-74(79)57-49-41-33-26-20-22-29-37-45-53-67(2)3/h67-73,78H,9-66H2,1-8H3,(H,83,84)(H,85,86)/t70?,71?,72-,73-/m1/s1. The fourth-order valence-corrected chi connectivity index (χ4v) is 13.3. The minimum atomic E-state index is -4.96. The molecule has 570 valence electrons. The van der Waals surface area contributed by atoms with E-state index >= 15 is 0 Å². The molecule has 0 saturated carbocycles. The molecule has 3 N–H and O–H groups in total. The van der Waals surface area contributed by atoms with E-state index in [9.17, 15) is 43.2 Å². The van der Waals surface area contributed by atoms with E-state index in [1.165, 1.54) is 186 Å². The van der Waals surface area contributed by atoms with Gasteiger partial charge in [0.05, 0.1) is 26.4 Å². The highest BCUT2D eigenvalue weighted by Crippen LogP contribution is 2.45. The third-order valence-electron chi connectivity index (χ3n) is 18.2. The predicted molar refractivity (Wildman–Crippen MR) is 391 cm³/mol. The molecule has 0 spiro atoms. The van der Waals surface area contributed by atoms with E-state index in [2.05, 4.69) is 55.4 Å². The van der Waals surface area contributed by atoms with Crippen LogP contribution in [0.15, 0.2) is 0 Å². The SMILES string of the molecule is CCC(C)CCCCCCCCCCCCCCCCCCCCC(=O)O[C@H](COC(=O)CCCCCCCCCC(C)C)COP(=O)(O)OCC(O)COP(=O)(O)OC[C@@H](COC(=O)CCCCCCCCCCCC(C)C)OC(=O)CCCCCCCCCCCC(C)C. The van der Waals surface area contributed by atoms with E-state index in [0.29, 0.717) is 31.6 Å². The zero-order chi connectivity index (χ0) is 71.0. The van der Waals surface area contributed by atoms with Crippen molar-refractivity contribution in [1.29, 1.82) is 0 Å². The van der Waals surface area contributed by atoms with Crippen molar-refractivity contribution in [3.63, 3.8) is 0 Å². The number of esters is 4. The van der Waals surface area contributed by atoms with Crippen LogP contribution in [-0.2, 0) is 65.4 Å². The van der Waals surface area contributed by atoms with Gasteiger partial charge in [0, 0.05) is 25.7 Å². The van der Waals surface area contributed by atoms with Gasteiger partial charge in [0.15, 0.2) is 12.2 Å². The molecular formula is C77H150O17P2. The molecule has 0 aromatic rings. The number of ether oxygens (including phenoxy) is 4. The molecule has 6 atom stereocenters. The van der Waals surface area contributed by atoms with Gasteiger partial charge in [-0.2, -0.15) is 0 Å². The summed E-state index contributed by atoms with van der Waals surface area (Å²) < 4.78 is 68.5. The van der Waals surface area contributed by atoms with Crippen LogP contribution >= 0.6 is 15.6 Å². The summed E-state index contributed by atoms with van der Waals surface area (Å²) in [7, 11) is -9.91. The van der Waals surface area contributed by atoms with Crippen LogP contribution < -0.4 is 0 Å². The number of phosphoric ester groups is 2. The highest BCUT2D eigenvalue weighted by atomic mass is 31.2. The number of aliphatic hydroxyl groups is 1. The summed E-state index contributed by atoms with van der Waals surface area (Å²) in [5.41, 5.74) is 0. The van der Waals surface area contributed by atoms with E-state index in [0.717, 1.165) is 114 Å². The first-order chi connectivity index (χ1) is 46.1. The Bertz CT molecular complexity index is 1890. The fraction of sp³-hybridized carbons (Fsp3) is 0.948. The molecule has 0 aliphatic carbocycles. The van der Waals surface area contributed by atoms with Crippen LogP contribution in [-0.4, -0.2) is 96.7 Å². The molecular weight excluding hydrogens is 1260 g/mol. The normalized spacial score (nSPS) is 14.4. The molecule has 96 heavy (non-hydrogen) atoms. The van der Waals surface area contributed by atoms with E-state index in [1.807, 2.05) is 0 Å². The molecule has 0 radical (unpaired) electrons. The Balaban J connectivity index is 5.17. The number of unbranched alkanes of at least 4 members (excludes halogenated alkanes) is 39. The quantitative estimate of drug-likeness (QED) is 0.0222. The van der Waals surface area contributed by atoms with Crippen molar-refractivity contribution in [3.8, 4) is 0 Å².